The van der Waals surface area contributed by atoms with Crippen LogP contribution in [0.15, 0.2) is 63.9 Å². The van der Waals surface area contributed by atoms with Crippen LogP contribution in [0.4, 0.5) is 0 Å². The van der Waals surface area contributed by atoms with E-state index in [2.05, 4.69) is 0 Å². The summed E-state index contributed by atoms with van der Waals surface area (Å²) in [4.78, 5) is 13.9. The van der Waals surface area contributed by atoms with Crippen LogP contribution in [-0.4, -0.2) is 44.0 Å². The van der Waals surface area contributed by atoms with Crippen LogP contribution in [0, 0.1) is 0 Å². The second-order valence-electron chi connectivity index (χ2n) is 12.0. The van der Waals surface area contributed by atoms with Gasteiger partial charge in [0.25, 0.3) is 0 Å². The summed E-state index contributed by atoms with van der Waals surface area (Å²) >= 11 is 0. The van der Waals surface area contributed by atoms with Gasteiger partial charge in [-0.05, 0) is 88.9 Å². The molecule has 0 amide bonds. The molecule has 0 saturated heterocycles. The van der Waals surface area contributed by atoms with Crippen LogP contribution in [0.1, 0.15) is 41.5 Å². The minimum atomic E-state index is -0.484. The minimum absolute atomic E-state index is 0.0437. The maximum absolute atomic E-state index is 13.9. The van der Waals surface area contributed by atoms with E-state index in [1.807, 2.05) is 94.6 Å². The molecule has 46 heavy (non-hydrogen) atoms. The summed E-state index contributed by atoms with van der Waals surface area (Å²) in [5, 5.41) is 3.18. The minimum Gasteiger partial charge on any atom is -0.493 e. The molecule has 3 heterocycles. The Balaban J connectivity index is 1.81. The normalized spacial score (nSPS) is 11.8. The van der Waals surface area contributed by atoms with E-state index in [4.69, 9.17) is 32.8 Å². The lowest BCUT2D eigenvalue weighted by Gasteiger charge is -2.16. The summed E-state index contributed by atoms with van der Waals surface area (Å²) in [6.07, 6.45) is 1.69. The number of benzene rings is 3. The zero-order chi connectivity index (χ0) is 32.9. The van der Waals surface area contributed by atoms with E-state index in [1.165, 1.54) is 0 Å². The highest BCUT2D eigenvalue weighted by molar-refractivity contribution is 6.22. The van der Waals surface area contributed by atoms with Crippen LogP contribution >= 0.6 is 0 Å². The highest BCUT2D eigenvalue weighted by atomic mass is 16.5. The highest BCUT2D eigenvalue weighted by Gasteiger charge is 2.25. The standard InChI is InChI=1S/C37H39NO8/c1-19(2)43-26-11-10-23(15-28(26)40-7)33-34-25-17-30(42-9)32(45-21(5)6)18-27(25)46-37(39)36(34)38-13-12-22-14-31(44-20(3)4)29(41-8)16-24(22)35(33)38/h10-21H,1-9H3. The van der Waals surface area contributed by atoms with Crippen molar-refractivity contribution in [1.29, 1.82) is 0 Å². The van der Waals surface area contributed by atoms with Crippen molar-refractivity contribution in [3.05, 3.63) is 65.1 Å². The molecule has 240 valence electrons. The average molecular weight is 626 g/mol. The van der Waals surface area contributed by atoms with Crippen molar-refractivity contribution >= 4 is 38.2 Å². The molecule has 0 N–H and O–H groups in total. The van der Waals surface area contributed by atoms with Crippen LogP contribution in [0.3, 0.4) is 0 Å². The third-order valence-electron chi connectivity index (χ3n) is 7.67. The Kier molecular flexibility index (Phi) is 8.10. The molecule has 6 aromatic rings. The molecule has 0 aliphatic carbocycles. The van der Waals surface area contributed by atoms with Crippen molar-refractivity contribution in [2.75, 3.05) is 21.3 Å². The Morgan fingerprint density at radius 1 is 0.609 bits per heavy atom. The van der Waals surface area contributed by atoms with E-state index in [-0.39, 0.29) is 18.3 Å². The Labute approximate surface area is 267 Å². The lowest BCUT2D eigenvalue weighted by molar-refractivity contribution is 0.230. The first kappa shape index (κ1) is 31.0. The number of hydrogen-bond acceptors (Lipinski definition) is 8. The van der Waals surface area contributed by atoms with Gasteiger partial charge in [-0.1, -0.05) is 6.07 Å². The monoisotopic (exact) mass is 625 g/mol. The molecule has 0 bridgehead atoms. The molecule has 0 radical (unpaired) electrons. The summed E-state index contributed by atoms with van der Waals surface area (Å²) in [5.74, 6) is 3.42. The molecule has 9 nitrogen and oxygen atoms in total. The van der Waals surface area contributed by atoms with Crippen LogP contribution in [0.2, 0.25) is 0 Å². The smallest absolute Gasteiger partial charge is 0.361 e. The average Bonchev–Trinajstić information content (AvgIpc) is 3.36. The molecule has 3 aromatic heterocycles. The van der Waals surface area contributed by atoms with Crippen molar-refractivity contribution in [3.63, 3.8) is 0 Å². The van der Waals surface area contributed by atoms with Gasteiger partial charge < -0.3 is 37.2 Å². The Morgan fingerprint density at radius 2 is 1.17 bits per heavy atom. The van der Waals surface area contributed by atoms with Crippen LogP contribution in [0.25, 0.3) is 49.3 Å². The molecule has 0 fully saturated rings. The summed E-state index contributed by atoms with van der Waals surface area (Å²) < 4.78 is 43.4. The maximum Gasteiger partial charge on any atom is 0.361 e. The number of nitrogens with zero attached hydrogens (tertiary/aromatic N) is 1. The van der Waals surface area contributed by atoms with Crippen LogP contribution in [0.5, 0.6) is 34.5 Å². The van der Waals surface area contributed by atoms with E-state index in [0.29, 0.717) is 56.4 Å². The van der Waals surface area contributed by atoms with Gasteiger partial charge in [-0.15, -0.1) is 0 Å². The Bertz CT molecular complexity index is 2160. The second kappa shape index (κ2) is 12.0. The van der Waals surface area contributed by atoms with E-state index >= 15 is 0 Å². The fourth-order valence-electron chi connectivity index (χ4n) is 5.97. The van der Waals surface area contributed by atoms with Gasteiger partial charge in [-0.25, -0.2) is 4.79 Å². The van der Waals surface area contributed by atoms with Crippen LogP contribution in [-0.2, 0) is 0 Å². The molecule has 0 aliphatic heterocycles. The number of pyridine rings is 1. The summed E-state index contributed by atoms with van der Waals surface area (Å²) in [5.41, 5.74) is 2.72. The Hall–Kier alpha value is -5.05. The third-order valence-corrected chi connectivity index (χ3v) is 7.67. The van der Waals surface area contributed by atoms with Gasteiger partial charge >= 0.3 is 5.63 Å². The lowest BCUT2D eigenvalue weighted by atomic mass is 9.97. The molecule has 9 heteroatoms. The molecule has 0 unspecified atom stereocenters. The van der Waals surface area contributed by atoms with Gasteiger partial charge in [0.05, 0.1) is 45.2 Å². The third kappa shape index (κ3) is 5.29. The number of ether oxygens (including phenoxy) is 6. The summed E-state index contributed by atoms with van der Waals surface area (Å²) in [6, 6.07) is 15.3. The van der Waals surface area contributed by atoms with Crippen molar-refractivity contribution in [1.82, 2.24) is 4.40 Å². The first-order chi connectivity index (χ1) is 22.0. The van der Waals surface area contributed by atoms with Gasteiger partial charge in [0.1, 0.15) is 11.1 Å². The molecule has 0 saturated carbocycles. The van der Waals surface area contributed by atoms with Crippen molar-refractivity contribution in [2.45, 2.75) is 59.9 Å². The zero-order valence-electron chi connectivity index (χ0n) is 27.6. The molecular weight excluding hydrogens is 586 g/mol. The number of methoxy groups -OCH3 is 3. The number of hydrogen-bond donors (Lipinski definition) is 0. The van der Waals surface area contributed by atoms with E-state index in [9.17, 15) is 4.79 Å². The van der Waals surface area contributed by atoms with Gasteiger partial charge in [0.2, 0.25) is 0 Å². The predicted octanol–water partition coefficient (Wildman–Crippen LogP) is 8.41. The molecule has 0 atom stereocenters. The van der Waals surface area contributed by atoms with Gasteiger partial charge in [0.15, 0.2) is 34.5 Å². The topological polar surface area (TPSA) is 90.0 Å². The summed E-state index contributed by atoms with van der Waals surface area (Å²) in [7, 11) is 4.83. The maximum atomic E-state index is 13.9. The summed E-state index contributed by atoms with van der Waals surface area (Å²) in [6.45, 7) is 11.7. The Morgan fingerprint density at radius 3 is 1.78 bits per heavy atom. The van der Waals surface area contributed by atoms with Crippen molar-refractivity contribution in [2.24, 2.45) is 0 Å². The van der Waals surface area contributed by atoms with Gasteiger partial charge in [0, 0.05) is 34.0 Å². The highest BCUT2D eigenvalue weighted by Crippen LogP contribution is 2.46. The van der Waals surface area contributed by atoms with Crippen molar-refractivity contribution < 1.29 is 32.8 Å². The number of fused-ring (bicyclic) bond motifs is 7. The van der Waals surface area contributed by atoms with Gasteiger partial charge in [-0.3, -0.25) is 0 Å². The number of aromatic nitrogens is 1. The molecule has 6 rings (SSSR count). The van der Waals surface area contributed by atoms with Crippen LogP contribution < -0.4 is 34.0 Å². The van der Waals surface area contributed by atoms with Gasteiger partial charge in [-0.2, -0.15) is 0 Å². The fourth-order valence-corrected chi connectivity index (χ4v) is 5.97. The predicted molar refractivity (Wildman–Crippen MR) is 181 cm³/mol. The van der Waals surface area contributed by atoms with Crippen molar-refractivity contribution in [3.8, 4) is 45.6 Å². The van der Waals surface area contributed by atoms with E-state index < -0.39 is 5.63 Å². The molecule has 3 aromatic carbocycles. The molecule has 0 aliphatic rings. The first-order valence-electron chi connectivity index (χ1n) is 15.4. The van der Waals surface area contributed by atoms with E-state index in [0.717, 1.165) is 27.4 Å². The molecular formula is C37H39NO8. The molecule has 0 spiro atoms. The lowest BCUT2D eigenvalue weighted by Crippen LogP contribution is -2.07. The zero-order valence-corrected chi connectivity index (χ0v) is 27.6. The number of rotatable bonds is 10. The fraction of sp³-hybridized carbons (Fsp3) is 0.324. The SMILES string of the molecule is COc1cc(-c2c3c4cc(OC)c(OC(C)C)cc4oc(=O)c3n3ccc4cc(OC(C)C)c(OC)cc4c23)ccc1OC(C)C. The quantitative estimate of drug-likeness (QED) is 0.140. The first-order valence-corrected chi connectivity index (χ1v) is 15.4. The second-order valence-corrected chi connectivity index (χ2v) is 12.0. The van der Waals surface area contributed by atoms with E-state index in [1.54, 1.807) is 27.4 Å². The largest absolute Gasteiger partial charge is 0.493 e.